The van der Waals surface area contributed by atoms with E-state index in [4.69, 9.17) is 0 Å². The van der Waals surface area contributed by atoms with Gasteiger partial charge in [0.1, 0.15) is 0 Å². The molecule has 0 unspecified atom stereocenters. The van der Waals surface area contributed by atoms with Crippen LogP contribution >= 0.6 is 11.8 Å². The van der Waals surface area contributed by atoms with Gasteiger partial charge in [-0.05, 0) is 55.7 Å². The number of H-pyrrole nitrogens is 1. The summed E-state index contributed by atoms with van der Waals surface area (Å²) in [5.74, 6) is 0.129. The van der Waals surface area contributed by atoms with Crippen molar-refractivity contribution in [3.63, 3.8) is 0 Å². The zero-order valence-electron chi connectivity index (χ0n) is 18.8. The number of carbonyl (C=O) groups is 2. The van der Waals surface area contributed by atoms with Gasteiger partial charge in [0.05, 0.1) is 16.7 Å². The van der Waals surface area contributed by atoms with Crippen molar-refractivity contribution in [1.29, 1.82) is 0 Å². The minimum absolute atomic E-state index is 0.246. The molecule has 4 aromatic rings. The lowest BCUT2D eigenvalue weighted by molar-refractivity contribution is -0.121. The van der Waals surface area contributed by atoms with Crippen LogP contribution in [0.25, 0.3) is 11.0 Å². The summed E-state index contributed by atoms with van der Waals surface area (Å²) >= 11 is 1.60. The van der Waals surface area contributed by atoms with Gasteiger partial charge in [0.2, 0.25) is 5.91 Å². The Labute approximate surface area is 196 Å². The Morgan fingerprint density at radius 2 is 1.82 bits per heavy atom. The fraction of sp³-hybridized carbons (Fsp3) is 0.250. The van der Waals surface area contributed by atoms with Crippen LogP contribution < -0.4 is 10.9 Å². The van der Waals surface area contributed by atoms with Gasteiger partial charge in [-0.2, -0.15) is 5.10 Å². The Balaban J connectivity index is 1.24. The normalized spacial score (nSPS) is 11.0. The fourth-order valence-electron chi connectivity index (χ4n) is 3.58. The van der Waals surface area contributed by atoms with Crippen LogP contribution in [0, 0.1) is 13.8 Å². The Hall–Kier alpha value is -3.59. The van der Waals surface area contributed by atoms with Crippen molar-refractivity contribution < 1.29 is 9.59 Å². The van der Waals surface area contributed by atoms with E-state index in [0.717, 1.165) is 44.5 Å². The van der Waals surface area contributed by atoms with Crippen LogP contribution in [0.4, 0.5) is 0 Å². The standard InChI is InChI=1S/C24H26N6O2S/c1-15-19(16(2)30(3)29-15)12-13-22(31)27-28-23(32)18-10-8-17(9-11-18)14-33-24-25-20-6-4-5-7-21(20)26-24/h4-11H,12-14H2,1-3H3,(H,25,26)(H,27,31)(H,28,32). The van der Waals surface area contributed by atoms with Gasteiger partial charge in [-0.15, -0.1) is 0 Å². The van der Waals surface area contributed by atoms with Gasteiger partial charge in [0, 0.05) is 30.5 Å². The van der Waals surface area contributed by atoms with Crippen molar-refractivity contribution in [2.24, 2.45) is 7.05 Å². The number of hydrogen-bond donors (Lipinski definition) is 3. The average molecular weight is 463 g/mol. The molecule has 4 rings (SSSR count). The van der Waals surface area contributed by atoms with Crippen molar-refractivity contribution in [2.75, 3.05) is 0 Å². The zero-order valence-corrected chi connectivity index (χ0v) is 19.6. The van der Waals surface area contributed by atoms with Gasteiger partial charge in [-0.3, -0.25) is 25.1 Å². The van der Waals surface area contributed by atoms with Crippen LogP contribution in [0.1, 0.15) is 39.3 Å². The van der Waals surface area contributed by atoms with Crippen LogP contribution in [0.15, 0.2) is 53.7 Å². The summed E-state index contributed by atoms with van der Waals surface area (Å²) in [6, 6.07) is 15.2. The summed E-state index contributed by atoms with van der Waals surface area (Å²) in [6.45, 7) is 3.91. The summed E-state index contributed by atoms with van der Waals surface area (Å²) in [7, 11) is 1.88. The van der Waals surface area contributed by atoms with Gasteiger partial charge >= 0.3 is 0 Å². The molecule has 0 aliphatic carbocycles. The Morgan fingerprint density at radius 3 is 2.52 bits per heavy atom. The molecule has 170 valence electrons. The molecule has 0 atom stereocenters. The number of benzene rings is 2. The first-order chi connectivity index (χ1) is 15.9. The first kappa shape index (κ1) is 22.6. The molecule has 0 spiro atoms. The molecule has 8 nitrogen and oxygen atoms in total. The third-order valence-electron chi connectivity index (χ3n) is 5.54. The molecule has 0 aliphatic rings. The topological polar surface area (TPSA) is 105 Å². The number of hydrogen-bond acceptors (Lipinski definition) is 5. The van der Waals surface area contributed by atoms with Crippen LogP contribution in [0.3, 0.4) is 0 Å². The molecule has 0 saturated carbocycles. The second-order valence-electron chi connectivity index (χ2n) is 7.82. The summed E-state index contributed by atoms with van der Waals surface area (Å²) in [5.41, 5.74) is 11.5. The number of imidazole rings is 1. The largest absolute Gasteiger partial charge is 0.333 e. The minimum Gasteiger partial charge on any atom is -0.333 e. The van der Waals surface area contributed by atoms with Gasteiger partial charge in [-0.25, -0.2) is 4.98 Å². The van der Waals surface area contributed by atoms with Crippen molar-refractivity contribution in [2.45, 2.75) is 37.6 Å². The number of hydrazine groups is 1. The van der Waals surface area contributed by atoms with E-state index in [1.165, 1.54) is 0 Å². The minimum atomic E-state index is -0.353. The number of aryl methyl sites for hydroxylation is 2. The molecule has 2 amide bonds. The number of nitrogens with zero attached hydrogens (tertiary/aromatic N) is 3. The molecule has 0 bridgehead atoms. The molecule has 2 aromatic heterocycles. The number of rotatable bonds is 7. The Bertz CT molecular complexity index is 1260. The number of nitrogens with one attached hydrogen (secondary N) is 3. The molecular weight excluding hydrogens is 436 g/mol. The summed E-state index contributed by atoms with van der Waals surface area (Å²) in [5, 5.41) is 5.22. The number of aromatic amines is 1. The molecular formula is C24H26N6O2S. The molecule has 9 heteroatoms. The summed E-state index contributed by atoms with van der Waals surface area (Å²) in [4.78, 5) is 32.4. The van der Waals surface area contributed by atoms with Gasteiger partial charge in [0.25, 0.3) is 5.91 Å². The highest BCUT2D eigenvalue weighted by molar-refractivity contribution is 7.98. The molecule has 0 aliphatic heterocycles. The maximum Gasteiger partial charge on any atom is 0.269 e. The van der Waals surface area contributed by atoms with Crippen molar-refractivity contribution in [3.8, 4) is 0 Å². The Morgan fingerprint density at radius 1 is 1.06 bits per heavy atom. The number of carbonyl (C=O) groups excluding carboxylic acids is 2. The fourth-order valence-corrected chi connectivity index (χ4v) is 4.42. The number of amides is 2. The highest BCUT2D eigenvalue weighted by atomic mass is 32.2. The summed E-state index contributed by atoms with van der Waals surface area (Å²) < 4.78 is 1.81. The van der Waals surface area contributed by atoms with Crippen LogP contribution in [0.2, 0.25) is 0 Å². The van der Waals surface area contributed by atoms with Crippen LogP contribution in [-0.2, 0) is 24.0 Å². The van der Waals surface area contributed by atoms with Gasteiger partial charge in [-0.1, -0.05) is 36.0 Å². The molecule has 33 heavy (non-hydrogen) atoms. The predicted molar refractivity (Wildman–Crippen MR) is 129 cm³/mol. The highest BCUT2D eigenvalue weighted by Crippen LogP contribution is 2.23. The Kier molecular flexibility index (Phi) is 6.79. The molecule has 0 fully saturated rings. The van der Waals surface area contributed by atoms with Gasteiger partial charge in [0.15, 0.2) is 5.16 Å². The second kappa shape index (κ2) is 9.91. The number of aromatic nitrogens is 4. The van der Waals surface area contributed by atoms with E-state index in [1.54, 1.807) is 23.9 Å². The third kappa shape index (κ3) is 5.43. The maximum atomic E-state index is 12.4. The zero-order chi connectivity index (χ0) is 23.4. The van der Waals surface area contributed by atoms with E-state index in [0.29, 0.717) is 12.0 Å². The highest BCUT2D eigenvalue weighted by Gasteiger charge is 2.12. The molecule has 2 heterocycles. The average Bonchev–Trinajstić information content (AvgIpc) is 3.34. The van der Waals surface area contributed by atoms with Crippen LogP contribution in [-0.4, -0.2) is 31.6 Å². The lowest BCUT2D eigenvalue weighted by atomic mass is 10.1. The molecule has 3 N–H and O–H groups in total. The molecule has 0 saturated heterocycles. The van der Waals surface area contributed by atoms with Crippen LogP contribution in [0.5, 0.6) is 0 Å². The van der Waals surface area contributed by atoms with E-state index in [2.05, 4.69) is 25.9 Å². The number of fused-ring (bicyclic) bond motifs is 1. The summed E-state index contributed by atoms with van der Waals surface area (Å²) in [6.07, 6.45) is 0.844. The van der Waals surface area contributed by atoms with E-state index >= 15 is 0 Å². The predicted octanol–water partition coefficient (Wildman–Crippen LogP) is 3.60. The third-order valence-corrected chi connectivity index (χ3v) is 6.48. The van der Waals surface area contributed by atoms with E-state index in [-0.39, 0.29) is 18.2 Å². The van der Waals surface area contributed by atoms with E-state index in [9.17, 15) is 9.59 Å². The van der Waals surface area contributed by atoms with Crippen molar-refractivity contribution in [1.82, 2.24) is 30.6 Å². The van der Waals surface area contributed by atoms with E-state index < -0.39 is 0 Å². The van der Waals surface area contributed by atoms with E-state index in [1.807, 2.05) is 62.0 Å². The first-order valence-electron chi connectivity index (χ1n) is 10.7. The lowest BCUT2D eigenvalue weighted by Crippen LogP contribution is -2.41. The smallest absolute Gasteiger partial charge is 0.269 e. The SMILES string of the molecule is Cc1nn(C)c(C)c1CCC(=O)NNC(=O)c1ccc(CSc2nc3ccccc3[nH]2)cc1. The number of para-hydroxylation sites is 2. The monoisotopic (exact) mass is 462 g/mol. The van der Waals surface area contributed by atoms with Gasteiger partial charge < -0.3 is 4.98 Å². The second-order valence-corrected chi connectivity index (χ2v) is 8.78. The van der Waals surface area contributed by atoms with Crippen molar-refractivity contribution >= 4 is 34.6 Å². The molecule has 2 aromatic carbocycles. The number of thioether (sulfide) groups is 1. The maximum absolute atomic E-state index is 12.4. The van der Waals surface area contributed by atoms with Crippen molar-refractivity contribution in [3.05, 3.63) is 76.6 Å². The molecule has 0 radical (unpaired) electrons. The quantitative estimate of drug-likeness (QED) is 0.288. The lowest BCUT2D eigenvalue weighted by Gasteiger charge is -2.08. The first-order valence-corrected chi connectivity index (χ1v) is 11.6.